The van der Waals surface area contributed by atoms with E-state index in [1.807, 2.05) is 13.0 Å². The van der Waals surface area contributed by atoms with E-state index in [0.717, 1.165) is 18.5 Å². The molecule has 11 heteroatoms. The van der Waals surface area contributed by atoms with Gasteiger partial charge in [0.25, 0.3) is 5.79 Å². The Morgan fingerprint density at radius 1 is 1.10 bits per heavy atom. The zero-order chi connectivity index (χ0) is 27.3. The predicted molar refractivity (Wildman–Crippen MR) is 136 cm³/mol. The molecule has 4 N–H and O–H groups in total. The number of ether oxygens (including phenoxy) is 7. The second-order valence-electron chi connectivity index (χ2n) is 11.3. The van der Waals surface area contributed by atoms with Gasteiger partial charge in [-0.3, -0.25) is 0 Å². The highest BCUT2D eigenvalue weighted by Gasteiger charge is 2.74. The van der Waals surface area contributed by atoms with Gasteiger partial charge in [0, 0.05) is 49.4 Å². The number of aliphatic hydroxyl groups is 1. The van der Waals surface area contributed by atoms with E-state index >= 15 is 0 Å². The Balaban J connectivity index is 1.47. The highest BCUT2D eigenvalue weighted by Crippen LogP contribution is 2.60. The summed E-state index contributed by atoms with van der Waals surface area (Å²) in [4.78, 5) is 0. The molecule has 3 saturated heterocycles. The molecule has 3 fully saturated rings. The first-order valence-corrected chi connectivity index (χ1v) is 13.4. The average molecular weight is 546 g/mol. The molecular formula is C28H35NO10. The molecule has 1 aliphatic carbocycles. The number of methoxy groups -OCH3 is 3. The number of rotatable bonds is 5. The summed E-state index contributed by atoms with van der Waals surface area (Å²) in [6, 6.07) is 1.87. The van der Waals surface area contributed by atoms with E-state index < -0.39 is 36.0 Å². The molecule has 0 amide bonds. The number of benzene rings is 2. The van der Waals surface area contributed by atoms with Gasteiger partial charge in [-0.2, -0.15) is 0 Å². The van der Waals surface area contributed by atoms with Crippen molar-refractivity contribution in [2.75, 3.05) is 47.7 Å². The van der Waals surface area contributed by atoms with Crippen LogP contribution in [0.25, 0.3) is 10.8 Å². The first-order valence-electron chi connectivity index (χ1n) is 13.4. The van der Waals surface area contributed by atoms with Gasteiger partial charge in [0.05, 0.1) is 18.6 Å². The lowest BCUT2D eigenvalue weighted by Crippen LogP contribution is -2.60. The van der Waals surface area contributed by atoms with Crippen LogP contribution in [0.3, 0.4) is 0 Å². The lowest BCUT2D eigenvalue weighted by molar-refractivity contribution is -0.338. The zero-order valence-corrected chi connectivity index (χ0v) is 22.5. The number of hydrogen-bond acceptors (Lipinski definition) is 11. The Morgan fingerprint density at radius 2 is 1.87 bits per heavy atom. The SMILES string of the molecule is COC1c2c(c(O)c3cc(C)c4c(c3c2O)OC[C@@]2(CO2)C2(C(OC)OC)OC(CO)C4O2)CC2CCNC21. The third-order valence-electron chi connectivity index (χ3n) is 9.37. The molecule has 6 unspecified atom stereocenters. The van der Waals surface area contributed by atoms with E-state index in [2.05, 4.69) is 5.32 Å². The van der Waals surface area contributed by atoms with Gasteiger partial charge in [-0.15, -0.1) is 0 Å². The van der Waals surface area contributed by atoms with Crippen molar-refractivity contribution in [2.24, 2.45) is 5.92 Å². The van der Waals surface area contributed by atoms with Crippen LogP contribution in [-0.4, -0.2) is 92.8 Å². The van der Waals surface area contributed by atoms with Crippen molar-refractivity contribution in [3.8, 4) is 17.2 Å². The van der Waals surface area contributed by atoms with Crippen LogP contribution in [0.4, 0.5) is 0 Å². The van der Waals surface area contributed by atoms with Crippen LogP contribution in [0.5, 0.6) is 17.2 Å². The van der Waals surface area contributed by atoms with Crippen LogP contribution >= 0.6 is 0 Å². The second kappa shape index (κ2) is 8.89. The van der Waals surface area contributed by atoms with Gasteiger partial charge in [0.15, 0.2) is 5.60 Å². The van der Waals surface area contributed by atoms with Crippen molar-refractivity contribution in [3.63, 3.8) is 0 Å². The van der Waals surface area contributed by atoms with Crippen LogP contribution < -0.4 is 10.1 Å². The maximum Gasteiger partial charge on any atom is 0.257 e. The molecule has 39 heavy (non-hydrogen) atoms. The maximum atomic E-state index is 11.9. The number of aliphatic hydroxyl groups excluding tert-OH is 1. The number of phenolic OH excluding ortho intramolecular Hbond substituents is 2. The van der Waals surface area contributed by atoms with Gasteiger partial charge in [0.1, 0.15) is 42.2 Å². The van der Waals surface area contributed by atoms with Crippen molar-refractivity contribution in [1.29, 1.82) is 0 Å². The highest BCUT2D eigenvalue weighted by molar-refractivity contribution is 6.01. The Kier molecular flexibility index (Phi) is 5.86. The fourth-order valence-corrected chi connectivity index (χ4v) is 7.44. The molecule has 4 heterocycles. The standard InChI is InChI=1S/C28H35NO10/c1-12-7-14-18(22(32)19-15(21(14)31)8-13-5-6-29-20(13)25(19)33-2)24-17(12)23-16(9-30)38-28(39-23,26(34-3)35-4)27(10-36-24)11-37-27/h7,13,16,20,23,25-26,29-32H,5-6,8-11H2,1-4H3/t13?,16?,20?,23?,25?,27-,28?/m1/s1. The molecule has 4 aliphatic heterocycles. The molecule has 5 aliphatic rings. The van der Waals surface area contributed by atoms with Crippen molar-refractivity contribution in [1.82, 2.24) is 5.32 Å². The first kappa shape index (κ1) is 25.7. The average Bonchev–Trinajstić information content (AvgIpc) is 3.40. The smallest absolute Gasteiger partial charge is 0.257 e. The number of aryl methyl sites for hydroxylation is 1. The molecule has 2 aromatic rings. The minimum absolute atomic E-state index is 0.00386. The molecule has 7 atom stereocenters. The zero-order valence-electron chi connectivity index (χ0n) is 22.5. The van der Waals surface area contributed by atoms with Gasteiger partial charge < -0.3 is 53.8 Å². The van der Waals surface area contributed by atoms with Crippen molar-refractivity contribution in [3.05, 3.63) is 28.3 Å². The van der Waals surface area contributed by atoms with E-state index in [0.29, 0.717) is 45.6 Å². The summed E-state index contributed by atoms with van der Waals surface area (Å²) in [5.41, 5.74) is 1.58. The molecule has 2 bridgehead atoms. The van der Waals surface area contributed by atoms with Gasteiger partial charge in [0.2, 0.25) is 6.29 Å². The Hall–Kier alpha value is -2.22. The largest absolute Gasteiger partial charge is 0.507 e. The van der Waals surface area contributed by atoms with Crippen LogP contribution in [0.1, 0.15) is 40.9 Å². The summed E-state index contributed by atoms with van der Waals surface area (Å²) in [6.07, 6.45) is -1.36. The van der Waals surface area contributed by atoms with E-state index in [9.17, 15) is 15.3 Å². The monoisotopic (exact) mass is 545 g/mol. The minimum Gasteiger partial charge on any atom is -0.507 e. The third-order valence-corrected chi connectivity index (χ3v) is 9.37. The minimum atomic E-state index is -1.49. The van der Waals surface area contributed by atoms with Crippen LogP contribution in [-0.2, 0) is 34.8 Å². The van der Waals surface area contributed by atoms with Gasteiger partial charge >= 0.3 is 0 Å². The molecule has 1 spiro atoms. The first-order chi connectivity index (χ1) is 18.8. The van der Waals surface area contributed by atoms with Gasteiger partial charge in [-0.05, 0) is 43.9 Å². The number of phenols is 2. The molecule has 0 radical (unpaired) electrons. The third kappa shape index (κ3) is 3.27. The molecule has 212 valence electrons. The Labute approximate surface area is 225 Å². The second-order valence-corrected chi connectivity index (χ2v) is 11.3. The summed E-state index contributed by atoms with van der Waals surface area (Å²) in [5.74, 6) is -0.694. The molecule has 2 aromatic carbocycles. The Morgan fingerprint density at radius 3 is 2.54 bits per heavy atom. The highest BCUT2D eigenvalue weighted by atomic mass is 16.8. The number of fused-ring (bicyclic) bond motifs is 9. The van der Waals surface area contributed by atoms with E-state index in [4.69, 9.17) is 33.2 Å². The van der Waals surface area contributed by atoms with Gasteiger partial charge in [-0.1, -0.05) is 0 Å². The number of nitrogens with one attached hydrogen (secondary N) is 1. The topological polar surface area (TPSA) is 141 Å². The lowest BCUT2D eigenvalue weighted by Gasteiger charge is -2.40. The molecular weight excluding hydrogens is 510 g/mol. The predicted octanol–water partition coefficient (Wildman–Crippen LogP) is 1.71. The number of hydrogen-bond donors (Lipinski definition) is 4. The maximum absolute atomic E-state index is 11.9. The lowest BCUT2D eigenvalue weighted by atomic mass is 9.76. The molecule has 7 rings (SSSR count). The summed E-state index contributed by atoms with van der Waals surface area (Å²) >= 11 is 0. The number of epoxide rings is 1. The van der Waals surface area contributed by atoms with E-state index in [-0.39, 0.29) is 37.4 Å². The quantitative estimate of drug-likeness (QED) is 0.248. The van der Waals surface area contributed by atoms with E-state index in [1.54, 1.807) is 7.11 Å². The van der Waals surface area contributed by atoms with Crippen LogP contribution in [0.15, 0.2) is 6.07 Å². The summed E-state index contributed by atoms with van der Waals surface area (Å²) in [5, 5.41) is 38.3. The van der Waals surface area contributed by atoms with Crippen molar-refractivity contribution in [2.45, 2.75) is 61.8 Å². The van der Waals surface area contributed by atoms with Crippen LogP contribution in [0.2, 0.25) is 0 Å². The summed E-state index contributed by atoms with van der Waals surface area (Å²) < 4.78 is 42.5. The summed E-state index contributed by atoms with van der Waals surface area (Å²) in [6.45, 7) is 2.66. The molecule has 11 nitrogen and oxygen atoms in total. The van der Waals surface area contributed by atoms with Gasteiger partial charge in [-0.25, -0.2) is 0 Å². The van der Waals surface area contributed by atoms with Crippen molar-refractivity contribution < 1.29 is 48.5 Å². The van der Waals surface area contributed by atoms with Crippen molar-refractivity contribution >= 4 is 10.8 Å². The molecule has 0 saturated carbocycles. The fourth-order valence-electron chi connectivity index (χ4n) is 7.44. The summed E-state index contributed by atoms with van der Waals surface area (Å²) in [7, 11) is 4.59. The normalized spacial score (nSPS) is 36.4. The Bertz CT molecular complexity index is 1320. The number of aromatic hydroxyl groups is 2. The fraction of sp³-hybridized carbons (Fsp3) is 0.643. The van der Waals surface area contributed by atoms with Crippen LogP contribution in [0, 0.1) is 12.8 Å². The molecule has 0 aromatic heterocycles. The van der Waals surface area contributed by atoms with E-state index in [1.165, 1.54) is 14.2 Å².